The van der Waals surface area contributed by atoms with E-state index in [1.165, 1.54) is 12.1 Å². The Bertz CT molecular complexity index is 420. The number of carbonyl (C=O) groups is 1. The summed E-state index contributed by atoms with van der Waals surface area (Å²) in [5.74, 6) is 0. The molecule has 0 fully saturated rings. The van der Waals surface area contributed by atoms with Crippen molar-refractivity contribution in [3.8, 4) is 0 Å². The molecule has 1 rings (SSSR count). The smallest absolute Gasteiger partial charge is 0.416 e. The van der Waals surface area contributed by atoms with E-state index in [1.807, 2.05) is 5.32 Å². The lowest BCUT2D eigenvalue weighted by Gasteiger charge is -2.15. The first kappa shape index (κ1) is 14.3. The SMILES string of the molecule is O=C(O)N[C@H](CO)Cc1cccc(C(F)(F)F)c1. The van der Waals surface area contributed by atoms with Crippen LogP contribution in [0, 0.1) is 0 Å². The lowest BCUT2D eigenvalue weighted by Crippen LogP contribution is -2.38. The second kappa shape index (κ2) is 5.72. The van der Waals surface area contributed by atoms with Gasteiger partial charge in [0.05, 0.1) is 18.2 Å². The minimum atomic E-state index is -4.44. The first-order valence-electron chi connectivity index (χ1n) is 5.09. The Hall–Kier alpha value is -1.76. The Morgan fingerprint density at radius 2 is 2.06 bits per heavy atom. The van der Waals surface area contributed by atoms with Crippen molar-refractivity contribution in [2.24, 2.45) is 0 Å². The number of alkyl halides is 3. The topological polar surface area (TPSA) is 69.6 Å². The van der Waals surface area contributed by atoms with Crippen LogP contribution < -0.4 is 5.32 Å². The molecular weight excluding hydrogens is 251 g/mol. The normalized spacial score (nSPS) is 13.1. The van der Waals surface area contributed by atoms with Gasteiger partial charge in [-0.05, 0) is 18.1 Å². The molecule has 4 nitrogen and oxygen atoms in total. The van der Waals surface area contributed by atoms with Gasteiger partial charge in [0.2, 0.25) is 0 Å². The highest BCUT2D eigenvalue weighted by atomic mass is 19.4. The maximum Gasteiger partial charge on any atom is 0.416 e. The number of rotatable bonds is 4. The van der Waals surface area contributed by atoms with E-state index in [2.05, 4.69) is 0 Å². The molecule has 0 unspecified atom stereocenters. The Morgan fingerprint density at radius 1 is 1.39 bits per heavy atom. The van der Waals surface area contributed by atoms with Crippen LogP contribution in [-0.4, -0.2) is 29.0 Å². The van der Waals surface area contributed by atoms with Crippen LogP contribution in [0.1, 0.15) is 11.1 Å². The molecule has 0 saturated carbocycles. The summed E-state index contributed by atoms with van der Waals surface area (Å²) in [6.07, 6.45) is -5.78. The van der Waals surface area contributed by atoms with Crippen molar-refractivity contribution in [3.63, 3.8) is 0 Å². The molecule has 1 aromatic carbocycles. The molecule has 0 aromatic heterocycles. The van der Waals surface area contributed by atoms with Gasteiger partial charge >= 0.3 is 12.3 Å². The molecule has 0 aliphatic rings. The molecule has 18 heavy (non-hydrogen) atoms. The van der Waals surface area contributed by atoms with Crippen molar-refractivity contribution >= 4 is 6.09 Å². The second-order valence-corrected chi connectivity index (χ2v) is 3.73. The lowest BCUT2D eigenvalue weighted by molar-refractivity contribution is -0.137. The first-order valence-corrected chi connectivity index (χ1v) is 5.09. The van der Waals surface area contributed by atoms with E-state index in [9.17, 15) is 18.0 Å². The van der Waals surface area contributed by atoms with Gasteiger partial charge in [0, 0.05) is 0 Å². The molecule has 0 radical (unpaired) electrons. The van der Waals surface area contributed by atoms with Crippen LogP contribution in [0.15, 0.2) is 24.3 Å². The molecule has 0 aliphatic heterocycles. The molecule has 7 heteroatoms. The van der Waals surface area contributed by atoms with Gasteiger partial charge in [-0.2, -0.15) is 13.2 Å². The molecule has 1 amide bonds. The summed E-state index contributed by atoms with van der Waals surface area (Å²) in [7, 11) is 0. The molecule has 3 N–H and O–H groups in total. The molecule has 0 saturated heterocycles. The van der Waals surface area contributed by atoms with Gasteiger partial charge in [0.25, 0.3) is 0 Å². The molecule has 1 aromatic rings. The minimum Gasteiger partial charge on any atom is -0.465 e. The van der Waals surface area contributed by atoms with Gasteiger partial charge < -0.3 is 15.5 Å². The standard InChI is InChI=1S/C11H12F3NO3/c12-11(13,14)8-3-1-2-7(4-8)5-9(6-16)15-10(17)18/h1-4,9,15-16H,5-6H2,(H,17,18)/t9-/m0/s1. The number of hydrogen-bond acceptors (Lipinski definition) is 2. The highest BCUT2D eigenvalue weighted by Gasteiger charge is 2.30. The van der Waals surface area contributed by atoms with Crippen molar-refractivity contribution in [1.29, 1.82) is 0 Å². The van der Waals surface area contributed by atoms with Crippen molar-refractivity contribution in [3.05, 3.63) is 35.4 Å². The van der Waals surface area contributed by atoms with E-state index in [0.29, 0.717) is 5.56 Å². The fourth-order valence-corrected chi connectivity index (χ4v) is 1.49. The summed E-state index contributed by atoms with van der Waals surface area (Å²) in [5.41, 5.74) is -0.496. The van der Waals surface area contributed by atoms with Gasteiger partial charge in [-0.1, -0.05) is 18.2 Å². The van der Waals surface area contributed by atoms with Gasteiger partial charge in [0.15, 0.2) is 0 Å². The number of aliphatic hydroxyl groups excluding tert-OH is 1. The minimum absolute atomic E-state index is 0.00722. The predicted molar refractivity (Wildman–Crippen MR) is 57.2 cm³/mol. The monoisotopic (exact) mass is 263 g/mol. The van der Waals surface area contributed by atoms with Crippen LogP contribution in [0.3, 0.4) is 0 Å². The number of halogens is 3. The number of carboxylic acid groups (broad SMARTS) is 1. The molecule has 1 atom stereocenters. The van der Waals surface area contributed by atoms with Crippen molar-refractivity contribution in [2.45, 2.75) is 18.6 Å². The van der Waals surface area contributed by atoms with Gasteiger partial charge in [-0.3, -0.25) is 0 Å². The molecule has 0 heterocycles. The quantitative estimate of drug-likeness (QED) is 0.776. The largest absolute Gasteiger partial charge is 0.465 e. The fourth-order valence-electron chi connectivity index (χ4n) is 1.49. The van der Waals surface area contributed by atoms with Crippen LogP contribution in [0.25, 0.3) is 0 Å². The molecular formula is C11H12F3NO3. The van der Waals surface area contributed by atoms with E-state index in [4.69, 9.17) is 10.2 Å². The summed E-state index contributed by atoms with van der Waals surface area (Å²) in [6.45, 7) is -0.484. The zero-order valence-electron chi connectivity index (χ0n) is 9.24. The van der Waals surface area contributed by atoms with E-state index in [-0.39, 0.29) is 6.42 Å². The lowest BCUT2D eigenvalue weighted by atomic mass is 10.0. The maximum atomic E-state index is 12.4. The zero-order chi connectivity index (χ0) is 13.8. The number of hydrogen-bond donors (Lipinski definition) is 3. The maximum absolute atomic E-state index is 12.4. The van der Waals surface area contributed by atoms with Crippen LogP contribution in [0.5, 0.6) is 0 Å². The summed E-state index contributed by atoms with van der Waals surface area (Å²) < 4.78 is 37.3. The average molecular weight is 263 g/mol. The Labute approximate surface area is 101 Å². The summed E-state index contributed by atoms with van der Waals surface area (Å²) in [5, 5.41) is 19.4. The third-order valence-electron chi connectivity index (χ3n) is 2.28. The van der Waals surface area contributed by atoms with Crippen LogP contribution >= 0.6 is 0 Å². The van der Waals surface area contributed by atoms with Gasteiger partial charge in [-0.15, -0.1) is 0 Å². The van der Waals surface area contributed by atoms with E-state index in [0.717, 1.165) is 12.1 Å². The molecule has 0 aliphatic carbocycles. The van der Waals surface area contributed by atoms with E-state index >= 15 is 0 Å². The van der Waals surface area contributed by atoms with Gasteiger partial charge in [0.1, 0.15) is 0 Å². The zero-order valence-corrected chi connectivity index (χ0v) is 9.24. The third-order valence-corrected chi connectivity index (χ3v) is 2.28. The Morgan fingerprint density at radius 3 is 2.56 bits per heavy atom. The Kier molecular flexibility index (Phi) is 4.55. The predicted octanol–water partition coefficient (Wildman–Crippen LogP) is 1.88. The number of aliphatic hydroxyl groups is 1. The number of amides is 1. The highest BCUT2D eigenvalue weighted by molar-refractivity contribution is 5.64. The number of nitrogens with one attached hydrogen (secondary N) is 1. The average Bonchev–Trinajstić information content (AvgIpc) is 2.26. The van der Waals surface area contributed by atoms with Crippen molar-refractivity contribution < 1.29 is 28.2 Å². The molecule has 0 spiro atoms. The summed E-state index contributed by atoms with van der Waals surface area (Å²) in [4.78, 5) is 10.4. The summed E-state index contributed by atoms with van der Waals surface area (Å²) >= 11 is 0. The van der Waals surface area contributed by atoms with Crippen LogP contribution in [0.2, 0.25) is 0 Å². The highest BCUT2D eigenvalue weighted by Crippen LogP contribution is 2.29. The van der Waals surface area contributed by atoms with E-state index < -0.39 is 30.5 Å². The first-order chi connectivity index (χ1) is 8.32. The van der Waals surface area contributed by atoms with Crippen LogP contribution in [-0.2, 0) is 12.6 Å². The molecule has 100 valence electrons. The van der Waals surface area contributed by atoms with Crippen molar-refractivity contribution in [1.82, 2.24) is 5.32 Å². The van der Waals surface area contributed by atoms with E-state index in [1.54, 1.807) is 0 Å². The second-order valence-electron chi connectivity index (χ2n) is 3.73. The van der Waals surface area contributed by atoms with Crippen LogP contribution in [0.4, 0.5) is 18.0 Å². The molecule has 0 bridgehead atoms. The number of benzene rings is 1. The fraction of sp³-hybridized carbons (Fsp3) is 0.364. The Balaban J connectivity index is 2.81. The third kappa shape index (κ3) is 4.25. The van der Waals surface area contributed by atoms with Gasteiger partial charge in [-0.25, -0.2) is 4.79 Å². The summed E-state index contributed by atoms with van der Waals surface area (Å²) in [6, 6.07) is 3.73. The van der Waals surface area contributed by atoms with Crippen molar-refractivity contribution in [2.75, 3.05) is 6.61 Å².